The molecule has 2 nitrogen and oxygen atoms in total. The standard InChI is InChI=1S/C12H13NOS/c1-9-3-2-4-10(5-9)6-12-13-11(7-14)8-15-12/h2-5,8,14H,6-7H2,1H3. The number of aliphatic hydroxyl groups is 1. The van der Waals surface area contributed by atoms with Crippen LogP contribution in [0, 0.1) is 6.92 Å². The molecule has 15 heavy (non-hydrogen) atoms. The minimum atomic E-state index is 0.0321. The van der Waals surface area contributed by atoms with Crippen LogP contribution < -0.4 is 0 Å². The van der Waals surface area contributed by atoms with Crippen LogP contribution in [-0.2, 0) is 13.0 Å². The molecule has 0 spiro atoms. The molecule has 0 saturated heterocycles. The van der Waals surface area contributed by atoms with Gasteiger partial charge in [0.05, 0.1) is 17.3 Å². The van der Waals surface area contributed by atoms with Gasteiger partial charge in [0.1, 0.15) is 0 Å². The maximum atomic E-state index is 8.91. The van der Waals surface area contributed by atoms with Crippen molar-refractivity contribution in [1.29, 1.82) is 0 Å². The summed E-state index contributed by atoms with van der Waals surface area (Å²) in [6, 6.07) is 8.42. The molecule has 1 aromatic carbocycles. The van der Waals surface area contributed by atoms with E-state index in [4.69, 9.17) is 5.11 Å². The van der Waals surface area contributed by atoms with E-state index in [2.05, 4.69) is 36.2 Å². The average molecular weight is 219 g/mol. The van der Waals surface area contributed by atoms with Crippen molar-refractivity contribution in [3.63, 3.8) is 0 Å². The quantitative estimate of drug-likeness (QED) is 0.860. The van der Waals surface area contributed by atoms with Crippen LogP contribution in [0.4, 0.5) is 0 Å². The summed E-state index contributed by atoms with van der Waals surface area (Å²) in [5.74, 6) is 0. The third kappa shape index (κ3) is 2.64. The second kappa shape index (κ2) is 4.55. The number of aliphatic hydroxyl groups excluding tert-OH is 1. The van der Waals surface area contributed by atoms with E-state index in [9.17, 15) is 0 Å². The van der Waals surface area contributed by atoms with Crippen LogP contribution in [-0.4, -0.2) is 10.1 Å². The van der Waals surface area contributed by atoms with Crippen LogP contribution in [0.3, 0.4) is 0 Å². The highest BCUT2D eigenvalue weighted by Crippen LogP contribution is 2.15. The summed E-state index contributed by atoms with van der Waals surface area (Å²) in [5, 5.41) is 11.9. The van der Waals surface area contributed by atoms with Crippen LogP contribution in [0.25, 0.3) is 0 Å². The van der Waals surface area contributed by atoms with Gasteiger partial charge in [-0.15, -0.1) is 11.3 Å². The third-order valence-electron chi connectivity index (χ3n) is 2.20. The fourth-order valence-corrected chi connectivity index (χ4v) is 2.32. The van der Waals surface area contributed by atoms with E-state index in [0.29, 0.717) is 0 Å². The Balaban J connectivity index is 2.14. The zero-order valence-electron chi connectivity index (χ0n) is 8.60. The molecular weight excluding hydrogens is 206 g/mol. The monoisotopic (exact) mass is 219 g/mol. The summed E-state index contributed by atoms with van der Waals surface area (Å²) in [4.78, 5) is 4.32. The fourth-order valence-electron chi connectivity index (χ4n) is 1.50. The fraction of sp³-hybridized carbons (Fsp3) is 0.250. The van der Waals surface area contributed by atoms with Crippen molar-refractivity contribution in [2.24, 2.45) is 0 Å². The Morgan fingerprint density at radius 3 is 2.93 bits per heavy atom. The largest absolute Gasteiger partial charge is 0.390 e. The van der Waals surface area contributed by atoms with Crippen molar-refractivity contribution < 1.29 is 5.11 Å². The number of aryl methyl sites for hydroxylation is 1. The van der Waals surface area contributed by atoms with Gasteiger partial charge in [0.25, 0.3) is 0 Å². The van der Waals surface area contributed by atoms with Gasteiger partial charge in [-0.2, -0.15) is 0 Å². The Kier molecular flexibility index (Phi) is 3.14. The zero-order chi connectivity index (χ0) is 10.7. The van der Waals surface area contributed by atoms with E-state index in [-0.39, 0.29) is 6.61 Å². The van der Waals surface area contributed by atoms with Gasteiger partial charge in [0, 0.05) is 11.8 Å². The highest BCUT2D eigenvalue weighted by molar-refractivity contribution is 7.09. The molecule has 1 N–H and O–H groups in total. The van der Waals surface area contributed by atoms with E-state index in [1.807, 2.05) is 5.38 Å². The lowest BCUT2D eigenvalue weighted by Crippen LogP contribution is -1.89. The summed E-state index contributed by atoms with van der Waals surface area (Å²) in [6.45, 7) is 2.12. The first-order chi connectivity index (χ1) is 7.28. The predicted octanol–water partition coefficient (Wildman–Crippen LogP) is 2.53. The maximum absolute atomic E-state index is 8.91. The molecule has 2 rings (SSSR count). The number of hydrogen-bond acceptors (Lipinski definition) is 3. The highest BCUT2D eigenvalue weighted by atomic mass is 32.1. The van der Waals surface area contributed by atoms with Crippen LogP contribution >= 0.6 is 11.3 Å². The molecule has 0 amide bonds. The Hall–Kier alpha value is -1.19. The Bertz CT molecular complexity index is 450. The molecule has 0 radical (unpaired) electrons. The van der Waals surface area contributed by atoms with Crippen molar-refractivity contribution in [3.8, 4) is 0 Å². The first-order valence-corrected chi connectivity index (χ1v) is 5.75. The molecule has 78 valence electrons. The van der Waals surface area contributed by atoms with Crippen LogP contribution in [0.1, 0.15) is 21.8 Å². The van der Waals surface area contributed by atoms with Gasteiger partial charge >= 0.3 is 0 Å². The van der Waals surface area contributed by atoms with Crippen molar-refractivity contribution in [2.75, 3.05) is 0 Å². The first kappa shape index (κ1) is 10.3. The summed E-state index contributed by atoms with van der Waals surface area (Å²) in [7, 11) is 0. The molecule has 1 heterocycles. The molecule has 3 heteroatoms. The molecule has 0 saturated carbocycles. The second-order valence-electron chi connectivity index (χ2n) is 3.56. The van der Waals surface area contributed by atoms with E-state index in [0.717, 1.165) is 17.1 Å². The zero-order valence-corrected chi connectivity index (χ0v) is 9.42. The number of thiazole rings is 1. The number of rotatable bonds is 3. The molecule has 0 unspecified atom stereocenters. The summed E-state index contributed by atoms with van der Waals surface area (Å²) in [6.07, 6.45) is 0.854. The van der Waals surface area contributed by atoms with E-state index >= 15 is 0 Å². The third-order valence-corrected chi connectivity index (χ3v) is 3.10. The lowest BCUT2D eigenvalue weighted by Gasteiger charge is -1.99. The average Bonchev–Trinajstić information content (AvgIpc) is 2.65. The van der Waals surface area contributed by atoms with Crippen LogP contribution in [0.5, 0.6) is 0 Å². The van der Waals surface area contributed by atoms with E-state index in [1.165, 1.54) is 11.1 Å². The predicted molar refractivity (Wildman–Crippen MR) is 62.0 cm³/mol. The number of hydrogen-bond donors (Lipinski definition) is 1. The highest BCUT2D eigenvalue weighted by Gasteiger charge is 2.02. The van der Waals surface area contributed by atoms with E-state index < -0.39 is 0 Å². The topological polar surface area (TPSA) is 33.1 Å². The van der Waals surface area contributed by atoms with Gasteiger partial charge in [-0.3, -0.25) is 0 Å². The molecule has 0 bridgehead atoms. The van der Waals surface area contributed by atoms with Gasteiger partial charge in [-0.05, 0) is 12.5 Å². The smallest absolute Gasteiger partial charge is 0.0973 e. The number of nitrogens with zero attached hydrogens (tertiary/aromatic N) is 1. The second-order valence-corrected chi connectivity index (χ2v) is 4.50. The van der Waals surface area contributed by atoms with Crippen molar-refractivity contribution in [1.82, 2.24) is 4.98 Å². The van der Waals surface area contributed by atoms with Gasteiger partial charge in [0.2, 0.25) is 0 Å². The first-order valence-electron chi connectivity index (χ1n) is 4.87. The van der Waals surface area contributed by atoms with Crippen molar-refractivity contribution in [2.45, 2.75) is 20.0 Å². The number of aromatic nitrogens is 1. The summed E-state index contributed by atoms with van der Waals surface area (Å²) >= 11 is 1.60. The van der Waals surface area contributed by atoms with Gasteiger partial charge < -0.3 is 5.11 Å². The number of benzene rings is 1. The van der Waals surface area contributed by atoms with Crippen molar-refractivity contribution in [3.05, 3.63) is 51.5 Å². The molecule has 0 aliphatic heterocycles. The Morgan fingerprint density at radius 2 is 2.27 bits per heavy atom. The lowest BCUT2D eigenvalue weighted by molar-refractivity contribution is 0.277. The maximum Gasteiger partial charge on any atom is 0.0973 e. The molecule has 0 aliphatic rings. The minimum absolute atomic E-state index is 0.0321. The van der Waals surface area contributed by atoms with Crippen LogP contribution in [0.2, 0.25) is 0 Å². The molecular formula is C12H13NOS. The normalized spacial score (nSPS) is 10.5. The minimum Gasteiger partial charge on any atom is -0.390 e. The van der Waals surface area contributed by atoms with Crippen LogP contribution in [0.15, 0.2) is 29.6 Å². The Morgan fingerprint density at radius 1 is 1.40 bits per heavy atom. The molecule has 0 atom stereocenters. The van der Waals surface area contributed by atoms with Gasteiger partial charge in [-0.1, -0.05) is 29.8 Å². The Labute approximate surface area is 93.2 Å². The van der Waals surface area contributed by atoms with Gasteiger partial charge in [0.15, 0.2) is 0 Å². The van der Waals surface area contributed by atoms with Gasteiger partial charge in [-0.25, -0.2) is 4.98 Å². The molecule has 0 aliphatic carbocycles. The summed E-state index contributed by atoms with van der Waals surface area (Å²) < 4.78 is 0. The van der Waals surface area contributed by atoms with E-state index in [1.54, 1.807) is 11.3 Å². The van der Waals surface area contributed by atoms with Crippen molar-refractivity contribution >= 4 is 11.3 Å². The molecule has 2 aromatic rings. The lowest BCUT2D eigenvalue weighted by atomic mass is 10.1. The summed E-state index contributed by atoms with van der Waals surface area (Å²) in [5.41, 5.74) is 3.31. The molecule has 1 aromatic heterocycles. The SMILES string of the molecule is Cc1cccc(Cc2nc(CO)cs2)c1. The molecule has 0 fully saturated rings.